The maximum Gasteiger partial charge on any atom is 0.244 e. The molecule has 0 bridgehead atoms. The van der Waals surface area contributed by atoms with E-state index in [0.717, 1.165) is 11.1 Å². The van der Waals surface area contributed by atoms with Crippen molar-refractivity contribution in [2.75, 3.05) is 26.2 Å². The minimum atomic E-state index is -3.86. The number of sulfonamides is 2. The second kappa shape index (κ2) is 7.64. The van der Waals surface area contributed by atoms with Crippen LogP contribution in [0.4, 0.5) is 0 Å². The van der Waals surface area contributed by atoms with Gasteiger partial charge in [0.2, 0.25) is 20.0 Å². The van der Waals surface area contributed by atoms with Gasteiger partial charge < -0.3 is 0 Å². The van der Waals surface area contributed by atoms with E-state index in [-0.39, 0.29) is 41.5 Å². The van der Waals surface area contributed by atoms with Crippen molar-refractivity contribution >= 4 is 20.0 Å². The summed E-state index contributed by atoms with van der Waals surface area (Å²) in [6.07, 6.45) is 0. The van der Waals surface area contributed by atoms with Gasteiger partial charge in [0.1, 0.15) is 6.07 Å². The molecule has 2 aromatic carbocycles. The van der Waals surface area contributed by atoms with E-state index in [1.54, 1.807) is 30.3 Å². The summed E-state index contributed by atoms with van der Waals surface area (Å²) < 4.78 is 54.1. The molecule has 9 heteroatoms. The summed E-state index contributed by atoms with van der Waals surface area (Å²) in [4.78, 5) is 0.157. The highest BCUT2D eigenvalue weighted by atomic mass is 32.2. The van der Waals surface area contributed by atoms with Gasteiger partial charge in [-0.25, -0.2) is 16.8 Å². The summed E-state index contributed by atoms with van der Waals surface area (Å²) in [5.74, 6) is 0. The maximum absolute atomic E-state index is 12.9. The van der Waals surface area contributed by atoms with Gasteiger partial charge in [-0.3, -0.25) is 0 Å². The van der Waals surface area contributed by atoms with Crippen molar-refractivity contribution in [2.24, 2.45) is 0 Å². The number of hydrogen-bond acceptors (Lipinski definition) is 5. The number of piperazine rings is 1. The molecule has 1 fully saturated rings. The molecule has 1 aliphatic rings. The van der Waals surface area contributed by atoms with Crippen LogP contribution in [0.25, 0.3) is 0 Å². The van der Waals surface area contributed by atoms with Crippen molar-refractivity contribution in [3.63, 3.8) is 0 Å². The molecule has 0 saturated carbocycles. The SMILES string of the molecule is Cc1ccc(S(=O)(=O)N2CCN(S(=O)(=O)c3ccccc3C#N)CC2)cc1C. The Morgan fingerprint density at radius 1 is 0.821 bits per heavy atom. The third-order valence-corrected chi connectivity index (χ3v) is 8.79. The molecule has 0 N–H and O–H groups in total. The molecule has 7 nitrogen and oxygen atoms in total. The fraction of sp³-hybridized carbons (Fsp3) is 0.316. The molecule has 0 amide bonds. The zero-order valence-electron chi connectivity index (χ0n) is 15.7. The lowest BCUT2D eigenvalue weighted by atomic mass is 10.1. The predicted molar refractivity (Wildman–Crippen MR) is 105 cm³/mol. The quantitative estimate of drug-likeness (QED) is 0.753. The number of nitrogens with zero attached hydrogens (tertiary/aromatic N) is 3. The average Bonchev–Trinajstić information content (AvgIpc) is 2.70. The Labute approximate surface area is 165 Å². The topological polar surface area (TPSA) is 98.6 Å². The number of rotatable bonds is 4. The monoisotopic (exact) mass is 419 g/mol. The van der Waals surface area contributed by atoms with E-state index < -0.39 is 20.0 Å². The standard InChI is InChI=1S/C19H21N3O4S2/c1-15-7-8-18(13-16(15)2)27(23,24)21-9-11-22(12-10-21)28(25,26)19-6-4-3-5-17(19)14-20/h3-8,13H,9-12H2,1-2H3. The average molecular weight is 420 g/mol. The first-order valence-electron chi connectivity index (χ1n) is 8.74. The molecule has 1 heterocycles. The molecule has 148 valence electrons. The lowest BCUT2D eigenvalue weighted by Gasteiger charge is -2.33. The highest BCUT2D eigenvalue weighted by Crippen LogP contribution is 2.24. The van der Waals surface area contributed by atoms with Crippen LogP contribution in [0.1, 0.15) is 16.7 Å². The van der Waals surface area contributed by atoms with Crippen LogP contribution >= 0.6 is 0 Å². The molecule has 1 aliphatic heterocycles. The van der Waals surface area contributed by atoms with Crippen LogP contribution < -0.4 is 0 Å². The predicted octanol–water partition coefficient (Wildman–Crippen LogP) is 1.87. The van der Waals surface area contributed by atoms with Gasteiger partial charge in [0.05, 0.1) is 15.4 Å². The van der Waals surface area contributed by atoms with Crippen molar-refractivity contribution in [1.82, 2.24) is 8.61 Å². The van der Waals surface area contributed by atoms with E-state index in [1.165, 1.54) is 20.7 Å². The van der Waals surface area contributed by atoms with E-state index in [4.69, 9.17) is 0 Å². The highest BCUT2D eigenvalue weighted by Gasteiger charge is 2.34. The molecular formula is C19H21N3O4S2. The zero-order valence-corrected chi connectivity index (χ0v) is 17.3. The minimum absolute atomic E-state index is 0.0339. The number of hydrogen-bond donors (Lipinski definition) is 0. The van der Waals surface area contributed by atoms with Crippen LogP contribution in [0.15, 0.2) is 52.3 Å². The maximum atomic E-state index is 12.9. The van der Waals surface area contributed by atoms with E-state index in [9.17, 15) is 22.1 Å². The Balaban J connectivity index is 1.80. The van der Waals surface area contributed by atoms with Gasteiger partial charge in [-0.1, -0.05) is 18.2 Å². The van der Waals surface area contributed by atoms with Gasteiger partial charge in [-0.05, 0) is 49.2 Å². The molecule has 0 aliphatic carbocycles. The van der Waals surface area contributed by atoms with E-state index in [0.29, 0.717) is 0 Å². The third kappa shape index (κ3) is 3.69. The van der Waals surface area contributed by atoms with Crippen LogP contribution in [0.3, 0.4) is 0 Å². The smallest absolute Gasteiger partial charge is 0.207 e. The Morgan fingerprint density at radius 3 is 1.96 bits per heavy atom. The molecule has 0 aromatic heterocycles. The number of nitriles is 1. The molecule has 3 rings (SSSR count). The van der Waals surface area contributed by atoms with Crippen LogP contribution in [0, 0.1) is 25.2 Å². The largest absolute Gasteiger partial charge is 0.244 e. The Hall–Kier alpha value is -2.25. The summed E-state index contributed by atoms with van der Waals surface area (Å²) in [5.41, 5.74) is 1.97. The molecule has 2 aromatic rings. The normalized spacial score (nSPS) is 16.6. The van der Waals surface area contributed by atoms with Crippen LogP contribution in [0.5, 0.6) is 0 Å². The molecule has 0 unspecified atom stereocenters. The summed E-state index contributed by atoms with van der Waals surface area (Å²) in [5, 5.41) is 9.18. The van der Waals surface area contributed by atoms with Gasteiger partial charge in [0.25, 0.3) is 0 Å². The Bertz CT molecular complexity index is 1140. The van der Waals surface area contributed by atoms with Gasteiger partial charge >= 0.3 is 0 Å². The van der Waals surface area contributed by atoms with E-state index >= 15 is 0 Å². The Kier molecular flexibility index (Phi) is 5.59. The van der Waals surface area contributed by atoms with Crippen LogP contribution in [-0.2, 0) is 20.0 Å². The lowest BCUT2D eigenvalue weighted by Crippen LogP contribution is -2.50. The highest BCUT2D eigenvalue weighted by molar-refractivity contribution is 7.89. The Morgan fingerprint density at radius 2 is 1.39 bits per heavy atom. The van der Waals surface area contributed by atoms with Crippen molar-refractivity contribution in [3.05, 3.63) is 59.2 Å². The van der Waals surface area contributed by atoms with Crippen molar-refractivity contribution in [2.45, 2.75) is 23.6 Å². The molecule has 1 saturated heterocycles. The molecule has 0 spiro atoms. The third-order valence-electron chi connectivity index (χ3n) is 4.94. The van der Waals surface area contributed by atoms with Crippen molar-refractivity contribution in [3.8, 4) is 6.07 Å². The summed E-state index contributed by atoms with van der Waals surface area (Å²) in [6, 6.07) is 12.9. The molecule has 0 atom stereocenters. The van der Waals surface area contributed by atoms with Gasteiger partial charge in [-0.2, -0.15) is 13.9 Å². The number of benzene rings is 2. The summed E-state index contributed by atoms with van der Waals surface area (Å²) >= 11 is 0. The van der Waals surface area contributed by atoms with E-state index in [1.807, 2.05) is 19.9 Å². The fourth-order valence-corrected chi connectivity index (χ4v) is 6.17. The lowest BCUT2D eigenvalue weighted by molar-refractivity contribution is 0.273. The second-order valence-corrected chi connectivity index (χ2v) is 10.5. The van der Waals surface area contributed by atoms with Gasteiger partial charge in [-0.15, -0.1) is 0 Å². The number of aryl methyl sites for hydroxylation is 2. The van der Waals surface area contributed by atoms with Crippen molar-refractivity contribution in [1.29, 1.82) is 5.26 Å². The fourth-order valence-electron chi connectivity index (χ4n) is 3.10. The van der Waals surface area contributed by atoms with Crippen LogP contribution in [-0.4, -0.2) is 51.6 Å². The molecule has 0 radical (unpaired) electrons. The van der Waals surface area contributed by atoms with Crippen LogP contribution in [0.2, 0.25) is 0 Å². The molecule has 28 heavy (non-hydrogen) atoms. The first-order chi connectivity index (χ1) is 13.2. The summed E-state index contributed by atoms with van der Waals surface area (Å²) in [6.45, 7) is 3.95. The van der Waals surface area contributed by atoms with Gasteiger partial charge in [0, 0.05) is 26.2 Å². The first kappa shape index (κ1) is 20.5. The first-order valence-corrected chi connectivity index (χ1v) is 11.6. The van der Waals surface area contributed by atoms with E-state index in [2.05, 4.69) is 0 Å². The molecular weight excluding hydrogens is 398 g/mol. The second-order valence-electron chi connectivity index (χ2n) is 6.66. The minimum Gasteiger partial charge on any atom is -0.207 e. The van der Waals surface area contributed by atoms with Crippen molar-refractivity contribution < 1.29 is 16.8 Å². The van der Waals surface area contributed by atoms with Gasteiger partial charge in [0.15, 0.2) is 0 Å². The summed E-state index contributed by atoms with van der Waals surface area (Å²) in [7, 11) is -7.55. The zero-order chi connectivity index (χ0) is 20.5.